The Morgan fingerprint density at radius 1 is 1.41 bits per heavy atom. The molecule has 0 spiro atoms. The molecule has 0 saturated heterocycles. The lowest BCUT2D eigenvalue weighted by molar-refractivity contribution is 0.0948. The number of nitrogen functional groups attached to an aromatic ring is 1. The second kappa shape index (κ2) is 4.80. The lowest BCUT2D eigenvalue weighted by Gasteiger charge is -2.03. The minimum atomic E-state index is -0.380. The molecule has 88 valence electrons. The molecule has 1 aromatic carbocycles. The molecule has 5 nitrogen and oxygen atoms in total. The summed E-state index contributed by atoms with van der Waals surface area (Å²) >= 11 is 0. The van der Waals surface area contributed by atoms with E-state index in [1.54, 1.807) is 10.7 Å². The second-order valence-electron chi connectivity index (χ2n) is 3.57. The molecule has 3 N–H and O–H groups in total. The number of carbonyl (C=O) groups is 1. The smallest absolute Gasteiger partial charge is 0.285 e. The van der Waals surface area contributed by atoms with Crippen molar-refractivity contribution in [2.75, 3.05) is 0 Å². The molecule has 2 rings (SSSR count). The van der Waals surface area contributed by atoms with Gasteiger partial charge >= 0.3 is 0 Å². The number of aromatic nitrogens is 2. The molecule has 2 aromatic rings. The van der Waals surface area contributed by atoms with Crippen LogP contribution < -0.4 is 11.3 Å². The van der Waals surface area contributed by atoms with Crippen LogP contribution in [0.5, 0.6) is 0 Å². The molecule has 0 saturated carbocycles. The molecule has 1 amide bonds. The largest absolute Gasteiger partial charge is 0.289 e. The lowest BCUT2D eigenvalue weighted by Crippen LogP contribution is -2.30. The predicted molar refractivity (Wildman–Crippen MR) is 65.0 cm³/mol. The van der Waals surface area contributed by atoms with Crippen LogP contribution in [0.4, 0.5) is 0 Å². The third kappa shape index (κ3) is 2.19. The van der Waals surface area contributed by atoms with Gasteiger partial charge in [0.05, 0.1) is 5.69 Å². The van der Waals surface area contributed by atoms with Gasteiger partial charge in [-0.25, -0.2) is 5.84 Å². The first-order valence-corrected chi connectivity index (χ1v) is 5.40. The topological polar surface area (TPSA) is 72.9 Å². The van der Waals surface area contributed by atoms with E-state index in [9.17, 15) is 4.79 Å². The molecule has 0 aliphatic heterocycles. The van der Waals surface area contributed by atoms with Crippen molar-refractivity contribution in [3.8, 4) is 11.3 Å². The standard InChI is InChI=1S/C12H14N4O/c1-2-16-11(9-6-4-3-5-7-9)8-10(15-16)12(17)14-13/h3-8H,2,13H2,1H3,(H,14,17). The maximum absolute atomic E-state index is 11.4. The summed E-state index contributed by atoms with van der Waals surface area (Å²) < 4.78 is 1.78. The van der Waals surface area contributed by atoms with Crippen molar-refractivity contribution >= 4 is 5.91 Å². The van der Waals surface area contributed by atoms with E-state index in [1.165, 1.54) is 0 Å². The maximum atomic E-state index is 11.4. The van der Waals surface area contributed by atoms with Crippen LogP contribution in [0.3, 0.4) is 0 Å². The number of hydrogen-bond acceptors (Lipinski definition) is 3. The highest BCUT2D eigenvalue weighted by molar-refractivity contribution is 5.92. The molecule has 1 heterocycles. The van der Waals surface area contributed by atoms with Gasteiger partial charge in [0.1, 0.15) is 0 Å². The van der Waals surface area contributed by atoms with Crippen LogP contribution in [0.2, 0.25) is 0 Å². The summed E-state index contributed by atoms with van der Waals surface area (Å²) in [5, 5.41) is 4.20. The predicted octanol–water partition coefficient (Wildman–Crippen LogP) is 1.17. The van der Waals surface area contributed by atoms with Gasteiger partial charge in [-0.1, -0.05) is 30.3 Å². The minimum Gasteiger partial charge on any atom is -0.289 e. The fourth-order valence-corrected chi connectivity index (χ4v) is 1.68. The van der Waals surface area contributed by atoms with Gasteiger partial charge in [-0.2, -0.15) is 5.10 Å². The van der Waals surface area contributed by atoms with Crippen LogP contribution >= 0.6 is 0 Å². The van der Waals surface area contributed by atoms with Crippen molar-refractivity contribution in [3.05, 3.63) is 42.1 Å². The first-order chi connectivity index (χ1) is 8.26. The molecule has 17 heavy (non-hydrogen) atoms. The van der Waals surface area contributed by atoms with E-state index in [1.807, 2.05) is 37.3 Å². The number of aryl methyl sites for hydroxylation is 1. The molecule has 0 bridgehead atoms. The van der Waals surface area contributed by atoms with E-state index < -0.39 is 0 Å². The van der Waals surface area contributed by atoms with E-state index in [4.69, 9.17) is 5.84 Å². The molecule has 0 fully saturated rings. The number of amides is 1. The van der Waals surface area contributed by atoms with Crippen LogP contribution in [-0.2, 0) is 6.54 Å². The Balaban J connectivity index is 2.47. The van der Waals surface area contributed by atoms with Gasteiger partial charge < -0.3 is 0 Å². The Hall–Kier alpha value is -2.14. The summed E-state index contributed by atoms with van der Waals surface area (Å²) in [6.07, 6.45) is 0. The number of nitrogens with one attached hydrogen (secondary N) is 1. The number of nitrogens with two attached hydrogens (primary N) is 1. The Bertz CT molecular complexity index is 519. The van der Waals surface area contributed by atoms with Crippen molar-refractivity contribution in [1.82, 2.24) is 15.2 Å². The van der Waals surface area contributed by atoms with Crippen molar-refractivity contribution in [2.24, 2.45) is 5.84 Å². The normalized spacial score (nSPS) is 10.2. The Morgan fingerprint density at radius 2 is 2.12 bits per heavy atom. The first-order valence-electron chi connectivity index (χ1n) is 5.40. The Labute approximate surface area is 99.2 Å². The number of hydrazine groups is 1. The fraction of sp³-hybridized carbons (Fsp3) is 0.167. The maximum Gasteiger partial charge on any atom is 0.285 e. The van der Waals surface area contributed by atoms with Gasteiger partial charge in [0.15, 0.2) is 5.69 Å². The van der Waals surface area contributed by atoms with Gasteiger partial charge in [-0.3, -0.25) is 14.9 Å². The molecule has 1 aromatic heterocycles. The zero-order chi connectivity index (χ0) is 12.3. The van der Waals surface area contributed by atoms with E-state index >= 15 is 0 Å². The van der Waals surface area contributed by atoms with Gasteiger partial charge in [0.2, 0.25) is 0 Å². The van der Waals surface area contributed by atoms with Gasteiger partial charge in [0.25, 0.3) is 5.91 Å². The minimum absolute atomic E-state index is 0.327. The highest BCUT2D eigenvalue weighted by atomic mass is 16.2. The molecule has 0 aliphatic carbocycles. The molecule has 0 radical (unpaired) electrons. The zero-order valence-electron chi connectivity index (χ0n) is 9.55. The Kier molecular flexibility index (Phi) is 3.20. The lowest BCUT2D eigenvalue weighted by atomic mass is 10.1. The van der Waals surface area contributed by atoms with Gasteiger partial charge in [-0.05, 0) is 18.6 Å². The third-order valence-electron chi connectivity index (χ3n) is 2.51. The molecular formula is C12H14N4O. The van der Waals surface area contributed by atoms with E-state index in [0.717, 1.165) is 11.3 Å². The summed E-state index contributed by atoms with van der Waals surface area (Å²) in [5.74, 6) is 4.71. The molecule has 0 unspecified atom stereocenters. The molecule has 0 aliphatic rings. The highest BCUT2D eigenvalue weighted by Gasteiger charge is 2.13. The van der Waals surface area contributed by atoms with E-state index in [0.29, 0.717) is 12.2 Å². The monoisotopic (exact) mass is 230 g/mol. The van der Waals surface area contributed by atoms with Gasteiger partial charge in [-0.15, -0.1) is 0 Å². The van der Waals surface area contributed by atoms with Crippen molar-refractivity contribution < 1.29 is 4.79 Å². The van der Waals surface area contributed by atoms with Crippen molar-refractivity contribution in [2.45, 2.75) is 13.5 Å². The quantitative estimate of drug-likeness (QED) is 0.472. The number of rotatable bonds is 3. The molecular weight excluding hydrogens is 216 g/mol. The van der Waals surface area contributed by atoms with Crippen LogP contribution in [0.1, 0.15) is 17.4 Å². The third-order valence-corrected chi connectivity index (χ3v) is 2.51. The summed E-state index contributed by atoms with van der Waals surface area (Å²) in [5.41, 5.74) is 4.34. The number of benzene rings is 1. The van der Waals surface area contributed by atoms with Crippen molar-refractivity contribution in [3.63, 3.8) is 0 Å². The van der Waals surface area contributed by atoms with E-state index in [2.05, 4.69) is 10.5 Å². The van der Waals surface area contributed by atoms with Gasteiger partial charge in [0, 0.05) is 6.54 Å². The summed E-state index contributed by atoms with van der Waals surface area (Å²) in [6.45, 7) is 2.67. The summed E-state index contributed by atoms with van der Waals surface area (Å²) in [6, 6.07) is 11.5. The number of carbonyl (C=O) groups excluding carboxylic acids is 1. The van der Waals surface area contributed by atoms with Crippen LogP contribution in [-0.4, -0.2) is 15.7 Å². The highest BCUT2D eigenvalue weighted by Crippen LogP contribution is 2.20. The first kappa shape index (κ1) is 11.3. The SMILES string of the molecule is CCn1nc(C(=O)NN)cc1-c1ccccc1. The number of nitrogens with zero attached hydrogens (tertiary/aromatic N) is 2. The van der Waals surface area contributed by atoms with Crippen LogP contribution in [0.25, 0.3) is 11.3 Å². The zero-order valence-corrected chi connectivity index (χ0v) is 9.55. The van der Waals surface area contributed by atoms with Crippen LogP contribution in [0, 0.1) is 0 Å². The summed E-state index contributed by atoms with van der Waals surface area (Å²) in [4.78, 5) is 11.4. The van der Waals surface area contributed by atoms with E-state index in [-0.39, 0.29) is 5.91 Å². The molecule has 0 atom stereocenters. The van der Waals surface area contributed by atoms with Crippen LogP contribution in [0.15, 0.2) is 36.4 Å². The molecule has 5 heteroatoms. The summed E-state index contributed by atoms with van der Waals surface area (Å²) in [7, 11) is 0. The average molecular weight is 230 g/mol. The second-order valence-corrected chi connectivity index (χ2v) is 3.57. The van der Waals surface area contributed by atoms with Crippen molar-refractivity contribution in [1.29, 1.82) is 0 Å². The Morgan fingerprint density at radius 3 is 2.71 bits per heavy atom. The number of hydrogen-bond donors (Lipinski definition) is 2. The average Bonchev–Trinajstić information content (AvgIpc) is 2.83. The fourth-order valence-electron chi connectivity index (χ4n) is 1.68.